The molecule has 0 saturated carbocycles. The topological polar surface area (TPSA) is 17.8 Å². The standard InChI is InChI=1S/C9H9BrN2/c1-6-11-8-5-7(10)3-4-9(8)12(6)2/h3-5H,1-2H3. The van der Waals surface area contributed by atoms with Crippen molar-refractivity contribution in [1.29, 1.82) is 0 Å². The van der Waals surface area contributed by atoms with E-state index in [2.05, 4.69) is 31.5 Å². The summed E-state index contributed by atoms with van der Waals surface area (Å²) in [7, 11) is 2.03. The van der Waals surface area contributed by atoms with Crippen molar-refractivity contribution in [2.75, 3.05) is 0 Å². The first-order chi connectivity index (χ1) is 5.68. The molecule has 0 unspecified atom stereocenters. The Kier molecular flexibility index (Phi) is 1.68. The van der Waals surface area contributed by atoms with Crippen LogP contribution in [0.1, 0.15) is 5.82 Å². The maximum Gasteiger partial charge on any atom is 0.106 e. The van der Waals surface area contributed by atoms with Gasteiger partial charge in [-0.2, -0.15) is 0 Å². The van der Waals surface area contributed by atoms with Gasteiger partial charge in [-0.3, -0.25) is 0 Å². The number of aromatic nitrogens is 2. The Morgan fingerprint density at radius 1 is 1.42 bits per heavy atom. The quantitative estimate of drug-likeness (QED) is 0.673. The molecule has 12 heavy (non-hydrogen) atoms. The number of hydrogen-bond donors (Lipinski definition) is 0. The molecular formula is C9H9BrN2. The highest BCUT2D eigenvalue weighted by atomic mass is 79.9. The third-order valence-corrected chi connectivity index (χ3v) is 2.56. The van der Waals surface area contributed by atoms with Crippen LogP contribution in [0, 0.1) is 6.92 Å². The number of benzene rings is 1. The first kappa shape index (κ1) is 7.80. The summed E-state index contributed by atoms with van der Waals surface area (Å²) in [4.78, 5) is 4.41. The molecule has 1 aromatic carbocycles. The third-order valence-electron chi connectivity index (χ3n) is 2.07. The van der Waals surface area contributed by atoms with Crippen molar-refractivity contribution in [1.82, 2.24) is 9.55 Å². The molecule has 0 aliphatic heterocycles. The highest BCUT2D eigenvalue weighted by Crippen LogP contribution is 2.19. The largest absolute Gasteiger partial charge is 0.331 e. The Bertz CT molecular complexity index is 431. The van der Waals surface area contributed by atoms with Gasteiger partial charge in [0.1, 0.15) is 5.82 Å². The van der Waals surface area contributed by atoms with Crippen molar-refractivity contribution in [2.24, 2.45) is 7.05 Å². The SMILES string of the molecule is Cc1nc2cc(Br)ccc2n1C. The summed E-state index contributed by atoms with van der Waals surface area (Å²) >= 11 is 3.42. The van der Waals surface area contributed by atoms with E-state index in [9.17, 15) is 0 Å². The lowest BCUT2D eigenvalue weighted by Crippen LogP contribution is -1.89. The van der Waals surface area contributed by atoms with Crippen LogP contribution in [0.25, 0.3) is 11.0 Å². The number of imidazole rings is 1. The Hall–Kier alpha value is -0.830. The minimum absolute atomic E-state index is 1.04. The smallest absolute Gasteiger partial charge is 0.106 e. The lowest BCUT2D eigenvalue weighted by atomic mass is 10.3. The normalized spacial score (nSPS) is 10.9. The second-order valence-corrected chi connectivity index (χ2v) is 3.77. The molecule has 1 heterocycles. The zero-order chi connectivity index (χ0) is 8.72. The van der Waals surface area contributed by atoms with Gasteiger partial charge in [-0.15, -0.1) is 0 Å². The van der Waals surface area contributed by atoms with Gasteiger partial charge in [-0.05, 0) is 25.1 Å². The van der Waals surface area contributed by atoms with Gasteiger partial charge in [0.2, 0.25) is 0 Å². The van der Waals surface area contributed by atoms with Crippen LogP contribution >= 0.6 is 15.9 Å². The van der Waals surface area contributed by atoms with Crippen molar-refractivity contribution in [3.05, 3.63) is 28.5 Å². The molecule has 0 atom stereocenters. The summed E-state index contributed by atoms with van der Waals surface area (Å²) in [6, 6.07) is 6.13. The first-order valence-corrected chi connectivity index (χ1v) is 4.56. The lowest BCUT2D eigenvalue weighted by molar-refractivity contribution is 0.886. The molecule has 0 fully saturated rings. The average molecular weight is 225 g/mol. The van der Waals surface area contributed by atoms with E-state index in [0.717, 1.165) is 15.8 Å². The van der Waals surface area contributed by atoms with Gasteiger partial charge in [0, 0.05) is 11.5 Å². The van der Waals surface area contributed by atoms with Gasteiger partial charge in [0.05, 0.1) is 11.0 Å². The van der Waals surface area contributed by atoms with E-state index in [1.807, 2.05) is 26.1 Å². The molecule has 0 radical (unpaired) electrons. The van der Waals surface area contributed by atoms with Crippen molar-refractivity contribution >= 4 is 27.0 Å². The van der Waals surface area contributed by atoms with E-state index < -0.39 is 0 Å². The summed E-state index contributed by atoms with van der Waals surface area (Å²) < 4.78 is 3.16. The van der Waals surface area contributed by atoms with Crippen LogP contribution in [0.15, 0.2) is 22.7 Å². The van der Waals surface area contributed by atoms with E-state index in [-0.39, 0.29) is 0 Å². The molecule has 0 amide bonds. The summed E-state index contributed by atoms with van der Waals surface area (Å²) in [6.07, 6.45) is 0. The fourth-order valence-electron chi connectivity index (χ4n) is 1.29. The third kappa shape index (κ3) is 1.05. The number of nitrogens with zero attached hydrogens (tertiary/aromatic N) is 2. The molecule has 0 aliphatic carbocycles. The predicted molar refractivity (Wildman–Crippen MR) is 53.2 cm³/mol. The number of hydrogen-bond acceptors (Lipinski definition) is 1. The monoisotopic (exact) mass is 224 g/mol. The first-order valence-electron chi connectivity index (χ1n) is 3.77. The Morgan fingerprint density at radius 3 is 2.92 bits per heavy atom. The molecule has 0 N–H and O–H groups in total. The molecular weight excluding hydrogens is 216 g/mol. The predicted octanol–water partition coefficient (Wildman–Crippen LogP) is 2.64. The van der Waals surface area contributed by atoms with Crippen LogP contribution in [-0.4, -0.2) is 9.55 Å². The molecule has 2 nitrogen and oxygen atoms in total. The average Bonchev–Trinajstić information content (AvgIpc) is 2.28. The number of halogens is 1. The van der Waals surface area contributed by atoms with Crippen LogP contribution in [0.5, 0.6) is 0 Å². The van der Waals surface area contributed by atoms with Gasteiger partial charge < -0.3 is 4.57 Å². The molecule has 0 aliphatic rings. The van der Waals surface area contributed by atoms with Crippen molar-refractivity contribution < 1.29 is 0 Å². The molecule has 62 valence electrons. The van der Waals surface area contributed by atoms with Crippen LogP contribution in [0.3, 0.4) is 0 Å². The van der Waals surface area contributed by atoms with Crippen LogP contribution < -0.4 is 0 Å². The number of rotatable bonds is 0. The van der Waals surface area contributed by atoms with Crippen molar-refractivity contribution in [3.63, 3.8) is 0 Å². The lowest BCUT2D eigenvalue weighted by Gasteiger charge is -1.95. The Morgan fingerprint density at radius 2 is 2.17 bits per heavy atom. The minimum Gasteiger partial charge on any atom is -0.331 e. The summed E-state index contributed by atoms with van der Waals surface area (Å²) in [5, 5.41) is 0. The molecule has 1 aromatic heterocycles. The fraction of sp³-hybridized carbons (Fsp3) is 0.222. The molecule has 3 heteroatoms. The van der Waals surface area contributed by atoms with E-state index in [0.29, 0.717) is 0 Å². The van der Waals surface area contributed by atoms with E-state index in [1.54, 1.807) is 0 Å². The molecule has 2 rings (SSSR count). The second-order valence-electron chi connectivity index (χ2n) is 2.85. The van der Waals surface area contributed by atoms with Crippen LogP contribution in [0.4, 0.5) is 0 Å². The maximum atomic E-state index is 4.41. The summed E-state index contributed by atoms with van der Waals surface area (Å²) in [5.41, 5.74) is 2.22. The summed E-state index contributed by atoms with van der Waals surface area (Å²) in [6.45, 7) is 2.01. The highest BCUT2D eigenvalue weighted by Gasteiger charge is 2.02. The van der Waals surface area contributed by atoms with E-state index >= 15 is 0 Å². The van der Waals surface area contributed by atoms with Crippen LogP contribution in [0.2, 0.25) is 0 Å². The minimum atomic E-state index is 1.04. The van der Waals surface area contributed by atoms with Gasteiger partial charge in [0.25, 0.3) is 0 Å². The van der Waals surface area contributed by atoms with Gasteiger partial charge in [-0.1, -0.05) is 15.9 Å². The number of fused-ring (bicyclic) bond motifs is 1. The van der Waals surface area contributed by atoms with E-state index in [1.165, 1.54) is 5.52 Å². The Balaban J connectivity index is 2.87. The zero-order valence-corrected chi connectivity index (χ0v) is 8.59. The maximum absolute atomic E-state index is 4.41. The molecule has 0 spiro atoms. The highest BCUT2D eigenvalue weighted by molar-refractivity contribution is 9.10. The van der Waals surface area contributed by atoms with Crippen molar-refractivity contribution in [2.45, 2.75) is 6.92 Å². The molecule has 0 saturated heterocycles. The molecule has 2 aromatic rings. The van der Waals surface area contributed by atoms with Gasteiger partial charge >= 0.3 is 0 Å². The van der Waals surface area contributed by atoms with Crippen LogP contribution in [-0.2, 0) is 7.05 Å². The Labute approximate surface area is 79.3 Å². The summed E-state index contributed by atoms with van der Waals surface area (Å²) in [5.74, 6) is 1.04. The number of aryl methyl sites for hydroxylation is 2. The van der Waals surface area contributed by atoms with Gasteiger partial charge in [-0.25, -0.2) is 4.98 Å². The second kappa shape index (κ2) is 2.59. The fourth-order valence-corrected chi connectivity index (χ4v) is 1.64. The molecule has 0 bridgehead atoms. The van der Waals surface area contributed by atoms with Gasteiger partial charge in [0.15, 0.2) is 0 Å². The zero-order valence-electron chi connectivity index (χ0n) is 7.00. The van der Waals surface area contributed by atoms with E-state index in [4.69, 9.17) is 0 Å². The van der Waals surface area contributed by atoms with Crippen molar-refractivity contribution in [3.8, 4) is 0 Å².